The van der Waals surface area contributed by atoms with E-state index in [1.807, 2.05) is 0 Å². The van der Waals surface area contributed by atoms with E-state index in [-0.39, 0.29) is 22.5 Å². The maximum absolute atomic E-state index is 13.8. The Balaban J connectivity index is 1.33. The summed E-state index contributed by atoms with van der Waals surface area (Å²) in [7, 11) is 0. The van der Waals surface area contributed by atoms with Crippen LogP contribution in [0.2, 0.25) is 0 Å². The zero-order valence-corrected chi connectivity index (χ0v) is 19.8. The van der Waals surface area contributed by atoms with Crippen LogP contribution < -0.4 is 0 Å². The molecule has 2 N–H and O–H groups in total. The fraction of sp³-hybridized carbons (Fsp3) is 0.630. The number of carbonyl (C=O) groups is 2. The van der Waals surface area contributed by atoms with Gasteiger partial charge in [-0.3, -0.25) is 4.79 Å². The van der Waals surface area contributed by atoms with Crippen molar-refractivity contribution in [2.45, 2.75) is 89.1 Å². The third-order valence-corrected chi connectivity index (χ3v) is 9.83. The summed E-state index contributed by atoms with van der Waals surface area (Å²) in [5.41, 5.74) is 2.70. The number of Topliss-reactive ketones (excluding diaryl/α,β-unsaturated/α-hetero) is 1. The minimum atomic E-state index is -1.35. The number of fused-ring (bicyclic) bond motifs is 7. The van der Waals surface area contributed by atoms with Gasteiger partial charge < -0.3 is 19.6 Å². The van der Waals surface area contributed by atoms with Crippen molar-refractivity contribution in [2.75, 3.05) is 0 Å². The molecule has 6 nitrogen and oxygen atoms in total. The summed E-state index contributed by atoms with van der Waals surface area (Å²) in [6, 6.07) is 8.52. The molecule has 3 fully saturated rings. The number of cyclic esters (lactones) is 1. The summed E-state index contributed by atoms with van der Waals surface area (Å²) in [5.74, 6) is -0.136. The highest BCUT2D eigenvalue weighted by atomic mass is 16.6. The Kier molecular flexibility index (Phi) is 4.33. The molecule has 0 bridgehead atoms. The molecule has 7 unspecified atom stereocenters. The van der Waals surface area contributed by atoms with Gasteiger partial charge in [-0.1, -0.05) is 32.0 Å². The Bertz CT molecular complexity index is 1170. The number of hydrogen-bond acceptors (Lipinski definition) is 5. The Morgan fingerprint density at radius 2 is 1.85 bits per heavy atom. The number of aliphatic hydroxyl groups excluding tert-OH is 1. The van der Waals surface area contributed by atoms with Crippen LogP contribution in [0, 0.1) is 17.3 Å². The monoisotopic (exact) mass is 451 g/mol. The van der Waals surface area contributed by atoms with Gasteiger partial charge in [0.25, 0.3) is 0 Å². The van der Waals surface area contributed by atoms with E-state index in [1.165, 1.54) is 22.2 Å². The summed E-state index contributed by atoms with van der Waals surface area (Å²) in [6.07, 6.45) is 1.62. The van der Waals surface area contributed by atoms with Crippen molar-refractivity contribution in [3.05, 3.63) is 35.5 Å². The number of benzene rings is 1. The second kappa shape index (κ2) is 6.70. The number of rotatable bonds is 2. The van der Waals surface area contributed by atoms with Gasteiger partial charge in [0.1, 0.15) is 17.8 Å². The molecule has 0 radical (unpaired) electrons. The van der Waals surface area contributed by atoms with Gasteiger partial charge in [0.2, 0.25) is 0 Å². The molecule has 2 heterocycles. The van der Waals surface area contributed by atoms with E-state index in [2.05, 4.69) is 43.1 Å². The first-order valence-corrected chi connectivity index (χ1v) is 12.3. The van der Waals surface area contributed by atoms with Gasteiger partial charge in [-0.2, -0.15) is 0 Å². The van der Waals surface area contributed by atoms with Gasteiger partial charge in [0, 0.05) is 27.9 Å². The molecule has 2 saturated carbocycles. The van der Waals surface area contributed by atoms with E-state index in [1.54, 1.807) is 13.8 Å². The molecule has 1 saturated heterocycles. The van der Waals surface area contributed by atoms with Crippen molar-refractivity contribution in [1.29, 1.82) is 0 Å². The van der Waals surface area contributed by atoms with Crippen molar-refractivity contribution in [3.8, 4) is 0 Å². The number of ketones is 1. The van der Waals surface area contributed by atoms with Crippen LogP contribution in [-0.4, -0.2) is 45.8 Å². The highest BCUT2D eigenvalue weighted by Gasteiger charge is 2.65. The van der Waals surface area contributed by atoms with Crippen molar-refractivity contribution < 1.29 is 24.2 Å². The minimum absolute atomic E-state index is 0.101. The molecule has 0 amide bonds. The molecule has 1 aromatic heterocycles. The molecular weight excluding hydrogens is 418 g/mol. The smallest absolute Gasteiger partial charge is 0.338 e. The number of esters is 1. The Labute approximate surface area is 194 Å². The van der Waals surface area contributed by atoms with Crippen molar-refractivity contribution >= 4 is 22.7 Å². The van der Waals surface area contributed by atoms with Gasteiger partial charge in [-0.05, 0) is 68.9 Å². The lowest BCUT2D eigenvalue weighted by atomic mass is 9.45. The summed E-state index contributed by atoms with van der Waals surface area (Å²) < 4.78 is 11.5. The van der Waals surface area contributed by atoms with Gasteiger partial charge >= 0.3 is 5.97 Å². The van der Waals surface area contributed by atoms with Gasteiger partial charge in [-0.15, -0.1) is 0 Å². The maximum atomic E-state index is 13.8. The number of aromatic nitrogens is 1. The predicted octanol–water partition coefficient (Wildman–Crippen LogP) is 3.83. The second-order valence-corrected chi connectivity index (χ2v) is 11.6. The summed E-state index contributed by atoms with van der Waals surface area (Å²) in [6.45, 7) is 8.13. The van der Waals surface area contributed by atoms with E-state index < -0.39 is 29.9 Å². The number of ether oxygens (including phenoxy) is 2. The Morgan fingerprint density at radius 3 is 2.58 bits per heavy atom. The quantitative estimate of drug-likeness (QED) is 0.678. The molecule has 1 aliphatic heterocycles. The fourth-order valence-corrected chi connectivity index (χ4v) is 7.82. The van der Waals surface area contributed by atoms with E-state index in [9.17, 15) is 14.7 Å². The predicted molar refractivity (Wildman–Crippen MR) is 123 cm³/mol. The number of aliphatic hydroxyl groups is 1. The first-order chi connectivity index (χ1) is 15.6. The summed E-state index contributed by atoms with van der Waals surface area (Å²) >= 11 is 0. The third kappa shape index (κ3) is 2.62. The van der Waals surface area contributed by atoms with Crippen LogP contribution in [0.1, 0.15) is 64.6 Å². The fourth-order valence-electron chi connectivity index (χ4n) is 7.82. The molecule has 0 spiro atoms. The SMILES string of the molecule is CC1(C)OC(=O)C(O)C1OC1CCC2(C)C(CCC3Cc4c([nH]c5ccccc45)C32C)C1=O. The zero-order valence-electron chi connectivity index (χ0n) is 19.8. The molecule has 2 aromatic rings. The van der Waals surface area contributed by atoms with Crippen molar-refractivity contribution in [2.24, 2.45) is 17.3 Å². The van der Waals surface area contributed by atoms with E-state index >= 15 is 0 Å². The van der Waals surface area contributed by atoms with Crippen LogP contribution in [0.3, 0.4) is 0 Å². The van der Waals surface area contributed by atoms with Crippen molar-refractivity contribution in [3.63, 3.8) is 0 Å². The molecule has 6 rings (SSSR count). The number of carbonyl (C=O) groups excluding carboxylic acids is 2. The first-order valence-electron chi connectivity index (χ1n) is 12.3. The molecule has 1 aromatic carbocycles. The molecule has 3 aliphatic carbocycles. The van der Waals surface area contributed by atoms with Crippen LogP contribution in [-0.2, 0) is 30.9 Å². The molecule has 6 heteroatoms. The molecule has 176 valence electrons. The largest absolute Gasteiger partial charge is 0.455 e. The lowest BCUT2D eigenvalue weighted by molar-refractivity contribution is -0.172. The van der Waals surface area contributed by atoms with E-state index in [0.717, 1.165) is 25.7 Å². The zero-order chi connectivity index (χ0) is 23.3. The molecule has 7 atom stereocenters. The third-order valence-electron chi connectivity index (χ3n) is 9.83. The number of H-pyrrole nitrogens is 1. The summed E-state index contributed by atoms with van der Waals surface area (Å²) in [4.78, 5) is 29.5. The van der Waals surface area contributed by atoms with Crippen LogP contribution in [0.15, 0.2) is 24.3 Å². The van der Waals surface area contributed by atoms with Crippen LogP contribution in [0.4, 0.5) is 0 Å². The van der Waals surface area contributed by atoms with E-state index in [0.29, 0.717) is 12.3 Å². The summed E-state index contributed by atoms with van der Waals surface area (Å²) in [5, 5.41) is 11.6. The maximum Gasteiger partial charge on any atom is 0.338 e. The second-order valence-electron chi connectivity index (χ2n) is 11.6. The topological polar surface area (TPSA) is 88.6 Å². The van der Waals surface area contributed by atoms with Gasteiger partial charge in [0.15, 0.2) is 11.9 Å². The minimum Gasteiger partial charge on any atom is -0.455 e. The standard InChI is InChI=1S/C27H33NO5/c1-25(2)23(21(30)24(31)33-25)32-19-11-12-26(3)17(20(19)29)10-9-14-13-16-15-7-5-6-8-18(15)28-22(16)27(14,26)4/h5-8,14,17,19,21,23,28,30H,9-13H2,1-4H3. The van der Waals surface area contributed by atoms with E-state index in [4.69, 9.17) is 9.47 Å². The average Bonchev–Trinajstić information content (AvgIpc) is 3.33. The van der Waals surface area contributed by atoms with Crippen LogP contribution >= 0.6 is 0 Å². The molecule has 4 aliphatic rings. The lowest BCUT2D eigenvalue weighted by Crippen LogP contribution is -2.60. The lowest BCUT2D eigenvalue weighted by Gasteiger charge is -2.58. The van der Waals surface area contributed by atoms with Gasteiger partial charge in [0.05, 0.1) is 0 Å². The number of aromatic amines is 1. The Hall–Kier alpha value is -2.18. The number of para-hydroxylation sites is 1. The average molecular weight is 452 g/mol. The number of nitrogens with one attached hydrogen (secondary N) is 1. The first kappa shape index (κ1) is 21.4. The van der Waals surface area contributed by atoms with Gasteiger partial charge in [-0.25, -0.2) is 4.79 Å². The van der Waals surface area contributed by atoms with Crippen LogP contribution in [0.5, 0.6) is 0 Å². The molecule has 33 heavy (non-hydrogen) atoms. The molecular formula is C27H33NO5. The Morgan fingerprint density at radius 1 is 1.09 bits per heavy atom. The number of hydrogen-bond donors (Lipinski definition) is 2. The highest BCUT2D eigenvalue weighted by Crippen LogP contribution is 2.66. The van der Waals surface area contributed by atoms with Crippen LogP contribution in [0.25, 0.3) is 10.9 Å². The normalized spacial score (nSPS) is 41.5. The highest BCUT2D eigenvalue weighted by molar-refractivity contribution is 5.89. The van der Waals surface area contributed by atoms with Crippen molar-refractivity contribution in [1.82, 2.24) is 4.98 Å².